The van der Waals surface area contributed by atoms with E-state index in [0.29, 0.717) is 18.8 Å². The van der Waals surface area contributed by atoms with E-state index in [1.54, 1.807) is 0 Å². The number of rotatable bonds is 0. The number of fused-ring (bicyclic) bond motifs is 2. The van der Waals surface area contributed by atoms with Gasteiger partial charge in [-0.1, -0.05) is 18.2 Å². The number of benzene rings is 1. The zero-order valence-electron chi connectivity index (χ0n) is 13.3. The zero-order chi connectivity index (χ0) is 15.5. The molecule has 0 spiro atoms. The summed E-state index contributed by atoms with van der Waals surface area (Å²) in [7, 11) is 0. The smallest absolute Gasteiger partial charge is 0.124 e. The van der Waals surface area contributed by atoms with Crippen molar-refractivity contribution >= 4 is 0 Å². The molecular formula is C16H29N5O. The van der Waals surface area contributed by atoms with E-state index in [4.69, 9.17) is 0 Å². The van der Waals surface area contributed by atoms with Gasteiger partial charge in [0.05, 0.1) is 0 Å². The van der Waals surface area contributed by atoms with Crippen molar-refractivity contribution in [1.29, 1.82) is 0 Å². The predicted octanol–water partition coefficient (Wildman–Crippen LogP) is -0.646. The average molecular weight is 307 g/mol. The van der Waals surface area contributed by atoms with E-state index >= 15 is 0 Å². The molecule has 22 heavy (non-hydrogen) atoms. The van der Waals surface area contributed by atoms with Crippen LogP contribution in [-0.2, 0) is 13.1 Å². The Morgan fingerprint density at radius 1 is 0.591 bits per heavy atom. The Bertz CT molecular complexity index is 393. The Balaban J connectivity index is 1.86. The van der Waals surface area contributed by atoms with E-state index in [-0.39, 0.29) is 0 Å². The maximum atomic E-state index is 10.3. The quantitative estimate of drug-likeness (QED) is 0.383. The van der Waals surface area contributed by atoms with Crippen LogP contribution in [0.15, 0.2) is 18.2 Å². The van der Waals surface area contributed by atoms with Crippen molar-refractivity contribution < 1.29 is 5.11 Å². The van der Waals surface area contributed by atoms with Gasteiger partial charge >= 0.3 is 0 Å². The molecule has 6 N–H and O–H groups in total. The average Bonchev–Trinajstić information content (AvgIpc) is 2.53. The molecule has 0 saturated carbocycles. The Morgan fingerprint density at radius 3 is 1.36 bits per heavy atom. The van der Waals surface area contributed by atoms with Crippen molar-refractivity contribution in [1.82, 2.24) is 26.6 Å². The van der Waals surface area contributed by atoms with E-state index in [1.807, 2.05) is 18.2 Å². The summed E-state index contributed by atoms with van der Waals surface area (Å²) < 4.78 is 0. The van der Waals surface area contributed by atoms with Gasteiger partial charge in [-0.3, -0.25) is 0 Å². The summed E-state index contributed by atoms with van der Waals surface area (Å²) in [5, 5.41) is 27.2. The lowest BCUT2D eigenvalue weighted by molar-refractivity contribution is 0.453. The molecule has 6 heteroatoms. The zero-order valence-corrected chi connectivity index (χ0v) is 13.3. The van der Waals surface area contributed by atoms with E-state index in [1.165, 1.54) is 0 Å². The Labute approximate surface area is 133 Å². The third-order valence-corrected chi connectivity index (χ3v) is 3.75. The lowest BCUT2D eigenvalue weighted by Gasteiger charge is -2.13. The second kappa shape index (κ2) is 10.5. The standard InChI is InChI=1S/C16H29N5O/c22-16-14-2-1-3-15(16)13-21-11-9-19-7-5-17-4-6-18-8-10-20-12-14/h1-3,17-22H,4-13H2. The van der Waals surface area contributed by atoms with Crippen LogP contribution in [0.25, 0.3) is 0 Å². The maximum Gasteiger partial charge on any atom is 0.124 e. The van der Waals surface area contributed by atoms with Crippen molar-refractivity contribution in [2.75, 3.05) is 52.4 Å². The fourth-order valence-electron chi connectivity index (χ4n) is 2.46. The minimum absolute atomic E-state index is 0.411. The van der Waals surface area contributed by atoms with E-state index in [0.717, 1.165) is 63.5 Å². The molecule has 0 aromatic heterocycles. The highest BCUT2D eigenvalue weighted by Crippen LogP contribution is 2.22. The van der Waals surface area contributed by atoms with Crippen LogP contribution in [0, 0.1) is 0 Å². The van der Waals surface area contributed by atoms with Gasteiger partial charge < -0.3 is 31.7 Å². The molecule has 1 heterocycles. The third kappa shape index (κ3) is 6.29. The number of phenolic OH excluding ortho intramolecular Hbond substituents is 1. The first-order valence-electron chi connectivity index (χ1n) is 8.21. The van der Waals surface area contributed by atoms with Gasteiger partial charge in [0.15, 0.2) is 0 Å². The topological polar surface area (TPSA) is 80.4 Å². The van der Waals surface area contributed by atoms with Crippen LogP contribution in [0.2, 0.25) is 0 Å². The number of aromatic hydroxyl groups is 1. The van der Waals surface area contributed by atoms with Crippen LogP contribution in [0.1, 0.15) is 11.1 Å². The van der Waals surface area contributed by atoms with E-state index < -0.39 is 0 Å². The number of hydrogen-bond donors (Lipinski definition) is 6. The van der Waals surface area contributed by atoms with Gasteiger partial charge in [0.25, 0.3) is 0 Å². The fourth-order valence-corrected chi connectivity index (χ4v) is 2.46. The molecule has 0 atom stereocenters. The fraction of sp³-hybridized carbons (Fsp3) is 0.625. The van der Waals surface area contributed by atoms with Crippen molar-refractivity contribution in [2.45, 2.75) is 13.1 Å². The number of phenols is 1. The molecular weight excluding hydrogens is 278 g/mol. The van der Waals surface area contributed by atoms with Crippen LogP contribution in [0.5, 0.6) is 5.75 Å². The van der Waals surface area contributed by atoms with Gasteiger partial charge in [-0.2, -0.15) is 0 Å². The molecule has 0 unspecified atom stereocenters. The van der Waals surface area contributed by atoms with Gasteiger partial charge in [0.1, 0.15) is 5.75 Å². The first kappa shape index (κ1) is 17.2. The van der Waals surface area contributed by atoms with Crippen LogP contribution in [-0.4, -0.2) is 57.5 Å². The summed E-state index contributed by atoms with van der Waals surface area (Å²) >= 11 is 0. The summed E-state index contributed by atoms with van der Waals surface area (Å²) in [6.45, 7) is 8.97. The van der Waals surface area contributed by atoms with Crippen LogP contribution in [0.4, 0.5) is 0 Å². The molecule has 0 radical (unpaired) electrons. The van der Waals surface area contributed by atoms with Gasteiger partial charge in [-0.15, -0.1) is 0 Å². The highest BCUT2D eigenvalue weighted by molar-refractivity contribution is 5.40. The first-order chi connectivity index (χ1) is 10.9. The minimum atomic E-state index is 0.411. The van der Waals surface area contributed by atoms with Crippen LogP contribution in [0.3, 0.4) is 0 Å². The highest BCUT2D eigenvalue weighted by atomic mass is 16.3. The molecule has 0 amide bonds. The molecule has 0 aliphatic carbocycles. The lowest BCUT2D eigenvalue weighted by Crippen LogP contribution is -2.36. The molecule has 1 aromatic carbocycles. The lowest BCUT2D eigenvalue weighted by atomic mass is 10.1. The number of nitrogens with one attached hydrogen (secondary N) is 5. The monoisotopic (exact) mass is 307 g/mol. The molecule has 0 fully saturated rings. The molecule has 2 rings (SSSR count). The SMILES string of the molecule is Oc1c2cccc1CNCCNCCNCCNCCNC2. The first-order valence-corrected chi connectivity index (χ1v) is 8.21. The molecule has 124 valence electrons. The summed E-state index contributed by atoms with van der Waals surface area (Å²) in [6.07, 6.45) is 0. The summed E-state index contributed by atoms with van der Waals surface area (Å²) in [6, 6.07) is 5.96. The van der Waals surface area contributed by atoms with E-state index in [2.05, 4.69) is 26.6 Å². The number of hydrogen-bond acceptors (Lipinski definition) is 6. The molecule has 1 aromatic rings. The van der Waals surface area contributed by atoms with Crippen molar-refractivity contribution in [3.63, 3.8) is 0 Å². The van der Waals surface area contributed by atoms with Gasteiger partial charge in [-0.25, -0.2) is 0 Å². The predicted molar refractivity (Wildman–Crippen MR) is 90.1 cm³/mol. The second-order valence-corrected chi connectivity index (χ2v) is 5.53. The molecule has 1 aliphatic heterocycles. The summed E-state index contributed by atoms with van der Waals surface area (Å²) in [4.78, 5) is 0. The van der Waals surface area contributed by atoms with Gasteiger partial charge in [0.2, 0.25) is 0 Å². The van der Waals surface area contributed by atoms with Crippen molar-refractivity contribution in [3.8, 4) is 5.75 Å². The van der Waals surface area contributed by atoms with Crippen molar-refractivity contribution in [3.05, 3.63) is 29.3 Å². The second-order valence-electron chi connectivity index (χ2n) is 5.53. The number of para-hydroxylation sites is 1. The summed E-state index contributed by atoms with van der Waals surface area (Å²) in [5.41, 5.74) is 1.92. The molecule has 2 bridgehead atoms. The Morgan fingerprint density at radius 2 is 0.955 bits per heavy atom. The Kier molecular flexibility index (Phi) is 8.22. The van der Waals surface area contributed by atoms with Gasteiger partial charge in [0, 0.05) is 76.6 Å². The maximum absolute atomic E-state index is 10.3. The third-order valence-electron chi connectivity index (χ3n) is 3.75. The minimum Gasteiger partial charge on any atom is -0.507 e. The highest BCUT2D eigenvalue weighted by Gasteiger charge is 2.06. The molecule has 1 aliphatic rings. The van der Waals surface area contributed by atoms with Crippen LogP contribution < -0.4 is 26.6 Å². The normalized spacial score (nSPS) is 20.0. The van der Waals surface area contributed by atoms with E-state index in [9.17, 15) is 5.11 Å². The van der Waals surface area contributed by atoms with Crippen LogP contribution >= 0.6 is 0 Å². The largest absolute Gasteiger partial charge is 0.507 e. The van der Waals surface area contributed by atoms with Gasteiger partial charge in [-0.05, 0) is 0 Å². The molecule has 6 nitrogen and oxygen atoms in total. The molecule has 0 saturated heterocycles. The summed E-state index contributed by atoms with van der Waals surface area (Å²) in [5.74, 6) is 0.411. The Hall–Kier alpha value is -1.18. The van der Waals surface area contributed by atoms with Crippen molar-refractivity contribution in [2.24, 2.45) is 0 Å².